The zero-order chi connectivity index (χ0) is 15.5. The third kappa shape index (κ3) is 3.89. The van der Waals surface area contributed by atoms with E-state index in [1.54, 1.807) is 0 Å². The highest BCUT2D eigenvalue weighted by molar-refractivity contribution is 7.89. The standard InChI is InChI=1S/C14H14Cl2N2O2S/c15-11-6-7-12(13(16)14(11)17)21(19,20)18-9-8-10-4-2-1-3-5-10/h1-7,18H,8-9,17H2. The number of benzene rings is 2. The minimum atomic E-state index is -3.72. The first kappa shape index (κ1) is 16.1. The molecule has 0 heterocycles. The number of anilines is 1. The van der Waals surface area contributed by atoms with Crippen molar-refractivity contribution in [3.05, 3.63) is 58.1 Å². The molecule has 7 heteroatoms. The van der Waals surface area contributed by atoms with Crippen LogP contribution in [-0.2, 0) is 16.4 Å². The molecule has 21 heavy (non-hydrogen) atoms. The van der Waals surface area contributed by atoms with E-state index in [2.05, 4.69) is 4.72 Å². The Morgan fingerprint density at radius 2 is 1.71 bits per heavy atom. The molecule has 2 rings (SSSR count). The third-order valence-corrected chi connectivity index (χ3v) is 5.28. The lowest BCUT2D eigenvalue weighted by molar-refractivity contribution is 0.582. The molecule has 3 N–H and O–H groups in total. The molecule has 0 bridgehead atoms. The van der Waals surface area contributed by atoms with Crippen LogP contribution in [0.4, 0.5) is 5.69 Å². The Kier molecular flexibility index (Phi) is 5.11. The second kappa shape index (κ2) is 6.66. The van der Waals surface area contributed by atoms with E-state index in [0.29, 0.717) is 6.42 Å². The largest absolute Gasteiger partial charge is 0.396 e. The molecule has 0 amide bonds. The van der Waals surface area contributed by atoms with Crippen LogP contribution in [0, 0.1) is 0 Å². The Morgan fingerprint density at radius 1 is 1.05 bits per heavy atom. The molecule has 0 saturated carbocycles. The number of sulfonamides is 1. The number of rotatable bonds is 5. The average Bonchev–Trinajstić information content (AvgIpc) is 2.45. The van der Waals surface area contributed by atoms with Crippen LogP contribution in [0.1, 0.15) is 5.56 Å². The molecule has 0 radical (unpaired) electrons. The summed E-state index contributed by atoms with van der Waals surface area (Å²) in [6.45, 7) is 0.269. The predicted octanol–water partition coefficient (Wildman–Crippen LogP) is 3.10. The van der Waals surface area contributed by atoms with Crippen molar-refractivity contribution in [1.29, 1.82) is 0 Å². The molecule has 0 aliphatic carbocycles. The maximum Gasteiger partial charge on any atom is 0.242 e. The highest BCUT2D eigenvalue weighted by atomic mass is 35.5. The van der Waals surface area contributed by atoms with Crippen LogP contribution in [0.3, 0.4) is 0 Å². The van der Waals surface area contributed by atoms with Crippen molar-refractivity contribution in [3.8, 4) is 0 Å². The van der Waals surface area contributed by atoms with Gasteiger partial charge in [0.1, 0.15) is 4.90 Å². The van der Waals surface area contributed by atoms with E-state index in [1.165, 1.54) is 12.1 Å². The van der Waals surface area contributed by atoms with Gasteiger partial charge >= 0.3 is 0 Å². The molecule has 0 aliphatic rings. The van der Waals surface area contributed by atoms with Crippen LogP contribution < -0.4 is 10.5 Å². The first-order valence-electron chi connectivity index (χ1n) is 6.19. The fraction of sp³-hybridized carbons (Fsp3) is 0.143. The first-order valence-corrected chi connectivity index (χ1v) is 8.43. The molecule has 0 aliphatic heterocycles. The number of hydrogen-bond acceptors (Lipinski definition) is 3. The van der Waals surface area contributed by atoms with E-state index in [9.17, 15) is 8.42 Å². The lowest BCUT2D eigenvalue weighted by Gasteiger charge is -2.10. The normalized spacial score (nSPS) is 11.5. The Morgan fingerprint density at radius 3 is 2.38 bits per heavy atom. The second-order valence-corrected chi connectivity index (χ2v) is 6.93. The molecule has 0 spiro atoms. The van der Waals surface area contributed by atoms with Gasteiger partial charge in [0.15, 0.2) is 0 Å². The molecule has 2 aromatic carbocycles. The van der Waals surface area contributed by atoms with Crippen LogP contribution in [0.2, 0.25) is 10.0 Å². The van der Waals surface area contributed by atoms with Gasteiger partial charge in [-0.3, -0.25) is 0 Å². The van der Waals surface area contributed by atoms with Crippen molar-refractivity contribution in [2.24, 2.45) is 0 Å². The van der Waals surface area contributed by atoms with E-state index in [-0.39, 0.29) is 27.2 Å². The van der Waals surface area contributed by atoms with Gasteiger partial charge in [-0.2, -0.15) is 0 Å². The summed E-state index contributed by atoms with van der Waals surface area (Å²) in [7, 11) is -3.72. The van der Waals surface area contributed by atoms with E-state index < -0.39 is 10.0 Å². The van der Waals surface area contributed by atoms with Gasteiger partial charge in [0, 0.05) is 6.54 Å². The number of nitrogen functional groups attached to an aromatic ring is 1. The Hall–Kier alpha value is -1.27. The second-order valence-electron chi connectivity index (χ2n) is 4.41. The maximum atomic E-state index is 12.2. The molecule has 0 atom stereocenters. The Bertz CT molecular complexity index is 734. The van der Waals surface area contributed by atoms with Crippen molar-refractivity contribution in [3.63, 3.8) is 0 Å². The van der Waals surface area contributed by atoms with E-state index in [0.717, 1.165) is 5.56 Å². The number of nitrogens with one attached hydrogen (secondary N) is 1. The van der Waals surface area contributed by atoms with Gasteiger partial charge in [-0.25, -0.2) is 13.1 Å². The predicted molar refractivity (Wildman–Crippen MR) is 86.2 cm³/mol. The summed E-state index contributed by atoms with van der Waals surface area (Å²) in [4.78, 5) is -0.0703. The van der Waals surface area contributed by atoms with Gasteiger partial charge in [0.2, 0.25) is 10.0 Å². The van der Waals surface area contributed by atoms with Crippen molar-refractivity contribution in [2.45, 2.75) is 11.3 Å². The number of hydrogen-bond donors (Lipinski definition) is 2. The van der Waals surface area contributed by atoms with Gasteiger partial charge in [-0.1, -0.05) is 53.5 Å². The molecule has 4 nitrogen and oxygen atoms in total. The summed E-state index contributed by atoms with van der Waals surface area (Å²) in [6, 6.07) is 12.3. The molecular weight excluding hydrogens is 331 g/mol. The smallest absolute Gasteiger partial charge is 0.242 e. The number of halogens is 2. The molecular formula is C14H14Cl2N2O2S. The zero-order valence-electron chi connectivity index (χ0n) is 11.0. The summed E-state index contributed by atoms with van der Waals surface area (Å²) in [6.07, 6.45) is 0.584. The van der Waals surface area contributed by atoms with Crippen molar-refractivity contribution < 1.29 is 8.42 Å². The Balaban J connectivity index is 2.11. The summed E-state index contributed by atoms with van der Waals surface area (Å²) in [5.74, 6) is 0. The van der Waals surface area contributed by atoms with Crippen LogP contribution in [0.25, 0.3) is 0 Å². The van der Waals surface area contributed by atoms with Crippen molar-refractivity contribution in [2.75, 3.05) is 12.3 Å². The molecule has 0 unspecified atom stereocenters. The summed E-state index contributed by atoms with van der Waals surface area (Å²) in [5, 5.41) is 0.165. The molecule has 2 aromatic rings. The van der Waals surface area contributed by atoms with Crippen LogP contribution in [-0.4, -0.2) is 15.0 Å². The summed E-state index contributed by atoms with van der Waals surface area (Å²) >= 11 is 11.7. The summed E-state index contributed by atoms with van der Waals surface area (Å²) in [5.41, 5.74) is 6.75. The lowest BCUT2D eigenvalue weighted by Crippen LogP contribution is -2.26. The molecule has 0 saturated heterocycles. The fourth-order valence-corrected chi connectivity index (χ4v) is 3.60. The quantitative estimate of drug-likeness (QED) is 0.818. The van der Waals surface area contributed by atoms with Crippen molar-refractivity contribution in [1.82, 2.24) is 4.72 Å². The van der Waals surface area contributed by atoms with Crippen LogP contribution in [0.15, 0.2) is 47.4 Å². The van der Waals surface area contributed by atoms with Gasteiger partial charge < -0.3 is 5.73 Å². The SMILES string of the molecule is Nc1c(Cl)ccc(S(=O)(=O)NCCc2ccccc2)c1Cl. The van der Waals surface area contributed by atoms with Gasteiger partial charge in [-0.15, -0.1) is 0 Å². The topological polar surface area (TPSA) is 72.2 Å². The zero-order valence-corrected chi connectivity index (χ0v) is 13.3. The highest BCUT2D eigenvalue weighted by Gasteiger charge is 2.20. The first-order chi connectivity index (χ1) is 9.92. The Labute approximate surface area is 133 Å². The van der Waals surface area contributed by atoms with Gasteiger partial charge in [0.25, 0.3) is 0 Å². The van der Waals surface area contributed by atoms with Gasteiger partial charge in [-0.05, 0) is 24.1 Å². The molecule has 0 aromatic heterocycles. The van der Waals surface area contributed by atoms with Crippen molar-refractivity contribution >= 4 is 38.9 Å². The third-order valence-electron chi connectivity index (χ3n) is 2.93. The highest BCUT2D eigenvalue weighted by Crippen LogP contribution is 2.32. The lowest BCUT2D eigenvalue weighted by atomic mass is 10.2. The minimum Gasteiger partial charge on any atom is -0.396 e. The fourth-order valence-electron chi connectivity index (χ4n) is 1.81. The molecule has 0 fully saturated rings. The summed E-state index contributed by atoms with van der Waals surface area (Å²) < 4.78 is 26.9. The molecule has 112 valence electrons. The number of nitrogens with two attached hydrogens (primary N) is 1. The monoisotopic (exact) mass is 344 g/mol. The minimum absolute atomic E-state index is 0.0595. The van der Waals surface area contributed by atoms with Crippen LogP contribution >= 0.6 is 23.2 Å². The van der Waals surface area contributed by atoms with E-state index in [1.807, 2.05) is 30.3 Å². The maximum absolute atomic E-state index is 12.2. The van der Waals surface area contributed by atoms with E-state index >= 15 is 0 Å². The van der Waals surface area contributed by atoms with E-state index in [4.69, 9.17) is 28.9 Å². The van der Waals surface area contributed by atoms with Gasteiger partial charge in [0.05, 0.1) is 15.7 Å². The van der Waals surface area contributed by atoms with Crippen LogP contribution in [0.5, 0.6) is 0 Å². The average molecular weight is 345 g/mol.